The highest BCUT2D eigenvalue weighted by atomic mass is 35.5. The number of aromatic nitrogens is 1. The summed E-state index contributed by atoms with van der Waals surface area (Å²) < 4.78 is 0. The highest BCUT2D eigenvalue weighted by Gasteiger charge is 2.13. The Morgan fingerprint density at radius 3 is 3.00 bits per heavy atom. The minimum absolute atomic E-state index is 0.781. The second-order valence-corrected chi connectivity index (χ2v) is 5.07. The summed E-state index contributed by atoms with van der Waals surface area (Å²) in [5.74, 6) is 0. The van der Waals surface area contributed by atoms with Crippen LogP contribution in [0.5, 0.6) is 0 Å². The van der Waals surface area contributed by atoms with E-state index >= 15 is 0 Å². The summed E-state index contributed by atoms with van der Waals surface area (Å²) in [6.45, 7) is 2.17. The minimum Gasteiger partial charge on any atom is -0.361 e. The van der Waals surface area contributed by atoms with Gasteiger partial charge in [-0.1, -0.05) is 23.7 Å². The van der Waals surface area contributed by atoms with Gasteiger partial charge in [0.1, 0.15) is 0 Å². The van der Waals surface area contributed by atoms with Crippen molar-refractivity contribution < 1.29 is 0 Å². The zero-order valence-corrected chi connectivity index (χ0v) is 10.6. The van der Waals surface area contributed by atoms with Crippen LogP contribution in [0.4, 0.5) is 0 Å². The molecule has 1 aliphatic rings. The average molecular weight is 247 g/mol. The van der Waals surface area contributed by atoms with E-state index in [1.165, 1.54) is 16.5 Å². The van der Waals surface area contributed by atoms with E-state index in [-0.39, 0.29) is 0 Å². The van der Waals surface area contributed by atoms with E-state index in [0.717, 1.165) is 30.0 Å². The Balaban J connectivity index is 2.06. The summed E-state index contributed by atoms with van der Waals surface area (Å²) in [5.41, 5.74) is 3.88. The standard InChI is InChI=1S/C14H15ClN2/c1-17-6-4-10(5-7-17)13-9-16-14-8-11(15)2-3-12(13)14/h2-4,8-9,16H,5-7H2,1H3. The maximum absolute atomic E-state index is 5.99. The number of H-pyrrole nitrogens is 1. The van der Waals surface area contributed by atoms with Crippen LogP contribution >= 0.6 is 11.6 Å². The molecule has 1 N–H and O–H groups in total. The Labute approximate surface area is 106 Å². The molecule has 3 heteroatoms. The van der Waals surface area contributed by atoms with E-state index in [1.807, 2.05) is 12.1 Å². The Bertz CT molecular complexity index is 583. The van der Waals surface area contributed by atoms with Gasteiger partial charge >= 0.3 is 0 Å². The fourth-order valence-electron chi connectivity index (χ4n) is 2.38. The van der Waals surface area contributed by atoms with Crippen molar-refractivity contribution in [1.29, 1.82) is 0 Å². The van der Waals surface area contributed by atoms with E-state index in [4.69, 9.17) is 11.6 Å². The summed E-state index contributed by atoms with van der Waals surface area (Å²) in [7, 11) is 2.16. The van der Waals surface area contributed by atoms with Gasteiger partial charge in [-0.2, -0.15) is 0 Å². The fraction of sp³-hybridized carbons (Fsp3) is 0.286. The van der Waals surface area contributed by atoms with Gasteiger partial charge in [-0.05, 0) is 31.2 Å². The zero-order valence-electron chi connectivity index (χ0n) is 9.83. The minimum atomic E-state index is 0.781. The summed E-state index contributed by atoms with van der Waals surface area (Å²) in [6.07, 6.45) is 5.53. The van der Waals surface area contributed by atoms with Crippen LogP contribution in [-0.2, 0) is 0 Å². The third kappa shape index (κ3) is 1.99. The molecule has 0 amide bonds. The number of rotatable bonds is 1. The first kappa shape index (κ1) is 10.9. The first-order valence-electron chi connectivity index (χ1n) is 5.88. The van der Waals surface area contributed by atoms with Crippen LogP contribution in [0.3, 0.4) is 0 Å². The molecular formula is C14H15ClN2. The molecule has 0 radical (unpaired) electrons. The van der Waals surface area contributed by atoms with Crippen molar-refractivity contribution in [1.82, 2.24) is 9.88 Å². The van der Waals surface area contributed by atoms with E-state index in [1.54, 1.807) is 0 Å². The van der Waals surface area contributed by atoms with Crippen LogP contribution < -0.4 is 0 Å². The first-order valence-corrected chi connectivity index (χ1v) is 6.26. The van der Waals surface area contributed by atoms with Crippen LogP contribution in [0, 0.1) is 0 Å². The number of fused-ring (bicyclic) bond motifs is 1. The maximum Gasteiger partial charge on any atom is 0.0475 e. The van der Waals surface area contributed by atoms with Gasteiger partial charge in [-0.15, -0.1) is 0 Å². The van der Waals surface area contributed by atoms with E-state index < -0.39 is 0 Å². The molecule has 88 valence electrons. The Morgan fingerprint density at radius 2 is 2.24 bits per heavy atom. The summed E-state index contributed by atoms with van der Waals surface area (Å²) in [6, 6.07) is 6.04. The molecule has 0 aliphatic carbocycles. The quantitative estimate of drug-likeness (QED) is 0.816. The molecule has 0 bridgehead atoms. The highest BCUT2D eigenvalue weighted by molar-refractivity contribution is 6.31. The smallest absolute Gasteiger partial charge is 0.0475 e. The van der Waals surface area contributed by atoms with Crippen molar-refractivity contribution in [2.24, 2.45) is 0 Å². The lowest BCUT2D eigenvalue weighted by atomic mass is 9.99. The number of benzene rings is 1. The molecule has 17 heavy (non-hydrogen) atoms. The molecule has 0 fully saturated rings. The van der Waals surface area contributed by atoms with Crippen molar-refractivity contribution in [3.05, 3.63) is 41.1 Å². The lowest BCUT2D eigenvalue weighted by Crippen LogP contribution is -2.23. The Hall–Kier alpha value is -1.25. The SMILES string of the molecule is CN1CC=C(c2c[nH]c3cc(Cl)ccc23)CC1. The second-order valence-electron chi connectivity index (χ2n) is 4.63. The van der Waals surface area contributed by atoms with Crippen molar-refractivity contribution >= 4 is 28.1 Å². The van der Waals surface area contributed by atoms with Crippen LogP contribution in [0.1, 0.15) is 12.0 Å². The molecule has 1 aromatic heterocycles. The van der Waals surface area contributed by atoms with Gasteiger partial charge in [0.25, 0.3) is 0 Å². The largest absolute Gasteiger partial charge is 0.361 e. The van der Waals surface area contributed by atoms with Gasteiger partial charge in [-0.25, -0.2) is 0 Å². The summed E-state index contributed by atoms with van der Waals surface area (Å²) in [5, 5.41) is 2.05. The van der Waals surface area contributed by atoms with Gasteiger partial charge in [0.2, 0.25) is 0 Å². The molecule has 1 aromatic carbocycles. The first-order chi connectivity index (χ1) is 8.24. The molecule has 1 aliphatic heterocycles. The number of nitrogens with zero attached hydrogens (tertiary/aromatic N) is 1. The zero-order chi connectivity index (χ0) is 11.8. The molecule has 0 unspecified atom stereocenters. The van der Waals surface area contributed by atoms with Crippen molar-refractivity contribution in [3.63, 3.8) is 0 Å². The maximum atomic E-state index is 5.99. The topological polar surface area (TPSA) is 19.0 Å². The van der Waals surface area contributed by atoms with E-state index in [2.05, 4.69) is 35.3 Å². The molecule has 0 atom stereocenters. The predicted molar refractivity (Wildman–Crippen MR) is 73.4 cm³/mol. The van der Waals surface area contributed by atoms with Gasteiger partial charge in [0, 0.05) is 40.8 Å². The predicted octanol–water partition coefficient (Wildman–Crippen LogP) is 3.54. The number of aromatic amines is 1. The molecule has 2 heterocycles. The van der Waals surface area contributed by atoms with Gasteiger partial charge < -0.3 is 9.88 Å². The molecule has 3 rings (SSSR count). The summed E-state index contributed by atoms with van der Waals surface area (Å²) in [4.78, 5) is 5.63. The Morgan fingerprint density at radius 1 is 1.35 bits per heavy atom. The van der Waals surface area contributed by atoms with Gasteiger partial charge in [0.05, 0.1) is 0 Å². The number of likely N-dealkylation sites (N-methyl/N-ethyl adjacent to an activating group) is 1. The molecule has 0 saturated heterocycles. The van der Waals surface area contributed by atoms with Gasteiger partial charge in [-0.3, -0.25) is 0 Å². The lowest BCUT2D eigenvalue weighted by Gasteiger charge is -2.21. The second kappa shape index (κ2) is 4.21. The summed E-state index contributed by atoms with van der Waals surface area (Å²) >= 11 is 5.99. The number of nitrogens with one attached hydrogen (secondary N) is 1. The van der Waals surface area contributed by atoms with Crippen LogP contribution in [0.15, 0.2) is 30.5 Å². The van der Waals surface area contributed by atoms with Crippen LogP contribution in [-0.4, -0.2) is 30.0 Å². The van der Waals surface area contributed by atoms with Gasteiger partial charge in [0.15, 0.2) is 0 Å². The van der Waals surface area contributed by atoms with Crippen molar-refractivity contribution in [3.8, 4) is 0 Å². The third-order valence-electron chi connectivity index (χ3n) is 3.40. The fourth-order valence-corrected chi connectivity index (χ4v) is 2.55. The number of halogens is 1. The average Bonchev–Trinajstić information content (AvgIpc) is 2.73. The van der Waals surface area contributed by atoms with Crippen LogP contribution in [0.25, 0.3) is 16.5 Å². The molecular weight excluding hydrogens is 232 g/mol. The third-order valence-corrected chi connectivity index (χ3v) is 3.64. The lowest BCUT2D eigenvalue weighted by molar-refractivity contribution is 0.370. The monoisotopic (exact) mass is 246 g/mol. The number of hydrogen-bond acceptors (Lipinski definition) is 1. The molecule has 0 spiro atoms. The van der Waals surface area contributed by atoms with E-state index in [0.29, 0.717) is 0 Å². The number of hydrogen-bond donors (Lipinski definition) is 1. The van der Waals surface area contributed by atoms with Crippen LogP contribution in [0.2, 0.25) is 5.02 Å². The molecule has 2 nitrogen and oxygen atoms in total. The highest BCUT2D eigenvalue weighted by Crippen LogP contribution is 2.30. The Kier molecular flexibility index (Phi) is 2.69. The molecule has 2 aromatic rings. The van der Waals surface area contributed by atoms with Crippen molar-refractivity contribution in [2.45, 2.75) is 6.42 Å². The normalized spacial score (nSPS) is 17.4. The molecule has 0 saturated carbocycles. The van der Waals surface area contributed by atoms with Crippen molar-refractivity contribution in [2.75, 3.05) is 20.1 Å². The van der Waals surface area contributed by atoms with E-state index in [9.17, 15) is 0 Å².